The summed E-state index contributed by atoms with van der Waals surface area (Å²) in [4.78, 5) is 6.78. The van der Waals surface area contributed by atoms with Gasteiger partial charge in [-0.1, -0.05) is 13.8 Å². The summed E-state index contributed by atoms with van der Waals surface area (Å²) in [6, 6.07) is 0.558. The van der Waals surface area contributed by atoms with Crippen LogP contribution in [-0.2, 0) is 4.74 Å². The van der Waals surface area contributed by atoms with E-state index in [1.54, 1.807) is 11.3 Å². The Kier molecular flexibility index (Phi) is 4.76. The van der Waals surface area contributed by atoms with Crippen molar-refractivity contribution in [3.8, 4) is 0 Å². The highest BCUT2D eigenvalue weighted by Crippen LogP contribution is 2.16. The minimum absolute atomic E-state index is 0.558. The smallest absolute Gasteiger partial charge is 0.182 e. The molecule has 0 radical (unpaired) electrons. The zero-order chi connectivity index (χ0) is 12.1. The first-order valence-electron chi connectivity index (χ1n) is 6.22. The van der Waals surface area contributed by atoms with Gasteiger partial charge in [0, 0.05) is 37.3 Å². The van der Waals surface area contributed by atoms with Crippen LogP contribution in [0.15, 0.2) is 11.6 Å². The van der Waals surface area contributed by atoms with Crippen LogP contribution in [0, 0.1) is 5.92 Å². The summed E-state index contributed by atoms with van der Waals surface area (Å²) >= 11 is 1.66. The third kappa shape index (κ3) is 3.66. The van der Waals surface area contributed by atoms with Crippen LogP contribution in [0.25, 0.3) is 0 Å². The van der Waals surface area contributed by atoms with Crippen LogP contribution in [0.2, 0.25) is 0 Å². The Morgan fingerprint density at radius 1 is 1.47 bits per heavy atom. The standard InChI is InChI=1S/C12H21N3OS/c1-10(2)11(15-4-6-16-7-5-15)9-14-12-13-3-8-17-12/h3,8,10-11H,4-7,9H2,1-2H3,(H,13,14). The number of ether oxygens (including phenoxy) is 1. The van der Waals surface area contributed by atoms with Gasteiger partial charge in [0.15, 0.2) is 5.13 Å². The SMILES string of the molecule is CC(C)C(CNc1nccs1)N1CCOCC1. The highest BCUT2D eigenvalue weighted by Gasteiger charge is 2.23. The summed E-state index contributed by atoms with van der Waals surface area (Å²) in [5, 5.41) is 6.45. The van der Waals surface area contributed by atoms with E-state index in [4.69, 9.17) is 4.74 Å². The average molecular weight is 255 g/mol. The molecule has 1 aromatic heterocycles. The summed E-state index contributed by atoms with van der Waals surface area (Å²) < 4.78 is 5.41. The second kappa shape index (κ2) is 6.33. The maximum Gasteiger partial charge on any atom is 0.182 e. The van der Waals surface area contributed by atoms with Crippen molar-refractivity contribution < 1.29 is 4.74 Å². The van der Waals surface area contributed by atoms with Crippen molar-refractivity contribution in [3.63, 3.8) is 0 Å². The van der Waals surface area contributed by atoms with E-state index in [1.165, 1.54) is 0 Å². The lowest BCUT2D eigenvalue weighted by atomic mass is 10.0. The van der Waals surface area contributed by atoms with Gasteiger partial charge in [-0.3, -0.25) is 4.90 Å². The fourth-order valence-electron chi connectivity index (χ4n) is 2.20. The summed E-state index contributed by atoms with van der Waals surface area (Å²) in [6.07, 6.45) is 1.84. The van der Waals surface area contributed by atoms with E-state index in [1.807, 2.05) is 11.6 Å². The normalized spacial score (nSPS) is 19.5. The van der Waals surface area contributed by atoms with Crippen LogP contribution in [-0.4, -0.2) is 48.8 Å². The molecule has 17 heavy (non-hydrogen) atoms. The average Bonchev–Trinajstić information content (AvgIpc) is 2.83. The summed E-state index contributed by atoms with van der Waals surface area (Å²) in [7, 11) is 0. The molecule has 1 N–H and O–H groups in total. The highest BCUT2D eigenvalue weighted by molar-refractivity contribution is 7.13. The lowest BCUT2D eigenvalue weighted by Gasteiger charge is -2.36. The van der Waals surface area contributed by atoms with Gasteiger partial charge < -0.3 is 10.1 Å². The second-order valence-corrected chi connectivity index (χ2v) is 5.57. The molecular formula is C12H21N3OS. The lowest BCUT2D eigenvalue weighted by molar-refractivity contribution is 0.00955. The van der Waals surface area contributed by atoms with Gasteiger partial charge in [0.05, 0.1) is 13.2 Å². The molecule has 1 unspecified atom stereocenters. The van der Waals surface area contributed by atoms with Crippen LogP contribution < -0.4 is 5.32 Å². The van der Waals surface area contributed by atoms with E-state index in [9.17, 15) is 0 Å². The molecule has 96 valence electrons. The molecule has 1 fully saturated rings. The van der Waals surface area contributed by atoms with E-state index in [-0.39, 0.29) is 0 Å². The second-order valence-electron chi connectivity index (χ2n) is 4.68. The Morgan fingerprint density at radius 2 is 2.24 bits per heavy atom. The molecule has 1 aliphatic rings. The van der Waals surface area contributed by atoms with Crippen LogP contribution in [0.4, 0.5) is 5.13 Å². The number of hydrogen-bond acceptors (Lipinski definition) is 5. The number of hydrogen-bond donors (Lipinski definition) is 1. The van der Waals surface area contributed by atoms with Crippen molar-refractivity contribution in [1.82, 2.24) is 9.88 Å². The van der Waals surface area contributed by atoms with Gasteiger partial charge in [0.25, 0.3) is 0 Å². The first kappa shape index (κ1) is 12.8. The monoisotopic (exact) mass is 255 g/mol. The van der Waals surface area contributed by atoms with Crippen molar-refractivity contribution in [2.75, 3.05) is 38.2 Å². The molecular weight excluding hydrogens is 234 g/mol. The van der Waals surface area contributed by atoms with Gasteiger partial charge in [-0.05, 0) is 5.92 Å². The number of nitrogens with zero attached hydrogens (tertiary/aromatic N) is 2. The van der Waals surface area contributed by atoms with Crippen molar-refractivity contribution in [2.45, 2.75) is 19.9 Å². The Hall–Kier alpha value is -0.650. The molecule has 1 aliphatic heterocycles. The van der Waals surface area contributed by atoms with Crippen molar-refractivity contribution in [1.29, 1.82) is 0 Å². The minimum Gasteiger partial charge on any atom is -0.379 e. The number of anilines is 1. The molecule has 0 bridgehead atoms. The summed E-state index contributed by atoms with van der Waals surface area (Å²) in [5.74, 6) is 0.639. The Balaban J connectivity index is 1.87. The minimum atomic E-state index is 0.558. The fourth-order valence-corrected chi connectivity index (χ4v) is 2.74. The zero-order valence-corrected chi connectivity index (χ0v) is 11.4. The van der Waals surface area contributed by atoms with Gasteiger partial charge >= 0.3 is 0 Å². The molecule has 0 aliphatic carbocycles. The third-order valence-electron chi connectivity index (χ3n) is 3.18. The molecule has 0 spiro atoms. The number of thiazole rings is 1. The first-order valence-corrected chi connectivity index (χ1v) is 7.10. The van der Waals surface area contributed by atoms with Crippen LogP contribution >= 0.6 is 11.3 Å². The Labute approximate surface area is 107 Å². The van der Waals surface area contributed by atoms with E-state index in [0.29, 0.717) is 12.0 Å². The third-order valence-corrected chi connectivity index (χ3v) is 3.91. The molecule has 1 saturated heterocycles. The van der Waals surface area contributed by atoms with Crippen molar-refractivity contribution in [3.05, 3.63) is 11.6 Å². The molecule has 1 atom stereocenters. The quantitative estimate of drug-likeness (QED) is 0.872. The van der Waals surface area contributed by atoms with E-state index in [2.05, 4.69) is 29.0 Å². The molecule has 0 saturated carbocycles. The maximum absolute atomic E-state index is 5.41. The largest absolute Gasteiger partial charge is 0.379 e. The van der Waals surface area contributed by atoms with Gasteiger partial charge in [-0.2, -0.15) is 0 Å². The van der Waals surface area contributed by atoms with Crippen LogP contribution in [0.3, 0.4) is 0 Å². The van der Waals surface area contributed by atoms with Gasteiger partial charge in [0.2, 0.25) is 0 Å². The summed E-state index contributed by atoms with van der Waals surface area (Å²) in [6.45, 7) is 9.34. The highest BCUT2D eigenvalue weighted by atomic mass is 32.1. The molecule has 2 heterocycles. The topological polar surface area (TPSA) is 37.4 Å². The zero-order valence-electron chi connectivity index (χ0n) is 10.6. The van der Waals surface area contributed by atoms with Gasteiger partial charge in [-0.15, -0.1) is 11.3 Å². The summed E-state index contributed by atoms with van der Waals surface area (Å²) in [5.41, 5.74) is 0. The number of nitrogens with one attached hydrogen (secondary N) is 1. The Morgan fingerprint density at radius 3 is 2.82 bits per heavy atom. The van der Waals surface area contributed by atoms with Crippen molar-refractivity contribution in [2.24, 2.45) is 5.92 Å². The Bertz CT molecular complexity index is 310. The maximum atomic E-state index is 5.41. The lowest BCUT2D eigenvalue weighted by Crippen LogP contribution is -2.49. The van der Waals surface area contributed by atoms with E-state index >= 15 is 0 Å². The van der Waals surface area contributed by atoms with Crippen LogP contribution in [0.5, 0.6) is 0 Å². The van der Waals surface area contributed by atoms with Gasteiger partial charge in [0.1, 0.15) is 0 Å². The van der Waals surface area contributed by atoms with E-state index in [0.717, 1.165) is 38.0 Å². The number of aromatic nitrogens is 1. The molecule has 0 amide bonds. The molecule has 0 aromatic carbocycles. The molecule has 4 nitrogen and oxygen atoms in total. The predicted molar refractivity (Wildman–Crippen MR) is 71.6 cm³/mol. The number of rotatable bonds is 5. The molecule has 2 rings (SSSR count). The van der Waals surface area contributed by atoms with Crippen molar-refractivity contribution >= 4 is 16.5 Å². The predicted octanol–water partition coefficient (Wildman–Crippen LogP) is 1.91. The van der Waals surface area contributed by atoms with Gasteiger partial charge in [-0.25, -0.2) is 4.98 Å². The first-order chi connectivity index (χ1) is 8.27. The van der Waals surface area contributed by atoms with Crippen LogP contribution in [0.1, 0.15) is 13.8 Å². The van der Waals surface area contributed by atoms with E-state index < -0.39 is 0 Å². The number of morpholine rings is 1. The molecule has 1 aromatic rings. The molecule has 5 heteroatoms. The fraction of sp³-hybridized carbons (Fsp3) is 0.750.